The van der Waals surface area contributed by atoms with E-state index < -0.39 is 10.0 Å². The number of nitrogen functional groups attached to an aromatic ring is 1. The maximum Gasteiger partial charge on any atom is 0.282 e. The first-order valence-electron chi connectivity index (χ1n) is 8.31. The van der Waals surface area contributed by atoms with E-state index in [2.05, 4.69) is 15.4 Å². The SMILES string of the molecule is Cc1cc(C)c(C(=O)n2nc(Nc3ccc(S(N)(=O)=O)cc3)nc2N)c(C)c1. The zero-order valence-corrected chi connectivity index (χ0v) is 16.4. The molecule has 0 unspecified atom stereocenters. The predicted molar refractivity (Wildman–Crippen MR) is 106 cm³/mol. The summed E-state index contributed by atoms with van der Waals surface area (Å²) in [5, 5.41) is 12.1. The minimum Gasteiger partial charge on any atom is -0.368 e. The van der Waals surface area contributed by atoms with Crippen molar-refractivity contribution in [3.63, 3.8) is 0 Å². The summed E-state index contributed by atoms with van der Waals surface area (Å²) in [5.41, 5.74) is 9.62. The third kappa shape index (κ3) is 3.87. The Morgan fingerprint density at radius 2 is 1.64 bits per heavy atom. The van der Waals surface area contributed by atoms with E-state index in [-0.39, 0.29) is 22.7 Å². The van der Waals surface area contributed by atoms with Gasteiger partial charge in [-0.05, 0) is 56.2 Å². The first-order valence-corrected chi connectivity index (χ1v) is 9.86. The molecule has 0 saturated heterocycles. The number of hydrogen-bond acceptors (Lipinski definition) is 7. The lowest BCUT2D eigenvalue weighted by Gasteiger charge is -2.10. The van der Waals surface area contributed by atoms with Crippen molar-refractivity contribution in [3.05, 3.63) is 58.7 Å². The fourth-order valence-corrected chi connectivity index (χ4v) is 3.52. The number of rotatable bonds is 4. The zero-order chi connectivity index (χ0) is 20.6. The summed E-state index contributed by atoms with van der Waals surface area (Å²) in [5.74, 6) is -0.331. The second-order valence-corrected chi connectivity index (χ2v) is 8.04. The molecule has 0 aliphatic heterocycles. The van der Waals surface area contributed by atoms with Gasteiger partial charge < -0.3 is 11.1 Å². The van der Waals surface area contributed by atoms with Crippen LogP contribution in [-0.2, 0) is 10.0 Å². The van der Waals surface area contributed by atoms with Gasteiger partial charge in [0, 0.05) is 11.3 Å². The topological polar surface area (TPSA) is 146 Å². The number of primary sulfonamides is 1. The van der Waals surface area contributed by atoms with Crippen LogP contribution >= 0.6 is 0 Å². The molecule has 0 saturated carbocycles. The van der Waals surface area contributed by atoms with E-state index in [9.17, 15) is 13.2 Å². The molecule has 0 atom stereocenters. The first kappa shape index (κ1) is 19.5. The van der Waals surface area contributed by atoms with Gasteiger partial charge >= 0.3 is 0 Å². The second-order valence-electron chi connectivity index (χ2n) is 6.48. The van der Waals surface area contributed by atoms with Gasteiger partial charge in [0.05, 0.1) is 4.90 Å². The van der Waals surface area contributed by atoms with E-state index in [0.29, 0.717) is 11.3 Å². The lowest BCUT2D eigenvalue weighted by molar-refractivity contribution is 0.0946. The molecular formula is C18H20N6O3S. The largest absolute Gasteiger partial charge is 0.368 e. The van der Waals surface area contributed by atoms with E-state index in [1.165, 1.54) is 24.3 Å². The third-order valence-electron chi connectivity index (χ3n) is 4.15. The van der Waals surface area contributed by atoms with Gasteiger partial charge in [-0.1, -0.05) is 17.7 Å². The smallest absolute Gasteiger partial charge is 0.282 e. The van der Waals surface area contributed by atoms with Crippen molar-refractivity contribution in [1.29, 1.82) is 0 Å². The molecule has 0 aliphatic carbocycles. The van der Waals surface area contributed by atoms with E-state index in [1.54, 1.807) is 0 Å². The average molecular weight is 400 g/mol. The monoisotopic (exact) mass is 400 g/mol. The van der Waals surface area contributed by atoms with Crippen molar-refractivity contribution in [1.82, 2.24) is 14.8 Å². The molecule has 0 fully saturated rings. The molecule has 2 aromatic carbocycles. The summed E-state index contributed by atoms with van der Waals surface area (Å²) in [4.78, 5) is 17.0. The molecule has 5 N–H and O–H groups in total. The highest BCUT2D eigenvalue weighted by atomic mass is 32.2. The van der Waals surface area contributed by atoms with Gasteiger partial charge in [0.1, 0.15) is 0 Å². The van der Waals surface area contributed by atoms with Gasteiger partial charge in [-0.2, -0.15) is 9.67 Å². The number of aromatic nitrogens is 3. The van der Waals surface area contributed by atoms with Crippen LogP contribution in [0.15, 0.2) is 41.3 Å². The number of carbonyl (C=O) groups is 1. The Labute approximate surface area is 162 Å². The first-order chi connectivity index (χ1) is 13.1. The minimum atomic E-state index is -3.78. The summed E-state index contributed by atoms with van der Waals surface area (Å²) >= 11 is 0. The molecule has 0 spiro atoms. The maximum absolute atomic E-state index is 12.9. The summed E-state index contributed by atoms with van der Waals surface area (Å²) in [7, 11) is -3.78. The number of carbonyl (C=O) groups excluding carboxylic acids is 1. The fraction of sp³-hybridized carbons (Fsp3) is 0.167. The summed E-state index contributed by atoms with van der Waals surface area (Å²) < 4.78 is 23.7. The van der Waals surface area contributed by atoms with Gasteiger partial charge in [-0.3, -0.25) is 4.79 Å². The number of sulfonamides is 1. The number of nitrogens with two attached hydrogens (primary N) is 2. The van der Waals surface area contributed by atoms with Crippen molar-refractivity contribution < 1.29 is 13.2 Å². The molecule has 28 heavy (non-hydrogen) atoms. The molecule has 0 radical (unpaired) electrons. The molecule has 146 valence electrons. The minimum absolute atomic E-state index is 0.0171. The molecule has 1 heterocycles. The van der Waals surface area contributed by atoms with Crippen LogP contribution in [0, 0.1) is 20.8 Å². The zero-order valence-electron chi connectivity index (χ0n) is 15.6. The Morgan fingerprint density at radius 3 is 2.18 bits per heavy atom. The number of benzene rings is 2. The molecule has 10 heteroatoms. The molecule has 3 aromatic rings. The number of anilines is 3. The van der Waals surface area contributed by atoms with Crippen LogP contribution in [-0.4, -0.2) is 29.1 Å². The van der Waals surface area contributed by atoms with Crippen LogP contribution in [0.1, 0.15) is 27.0 Å². The molecular weight excluding hydrogens is 380 g/mol. The molecule has 1 aromatic heterocycles. The van der Waals surface area contributed by atoms with Crippen molar-refractivity contribution in [2.24, 2.45) is 5.14 Å². The van der Waals surface area contributed by atoms with Crippen LogP contribution in [0.3, 0.4) is 0 Å². The third-order valence-corrected chi connectivity index (χ3v) is 5.08. The number of nitrogens with zero attached hydrogens (tertiary/aromatic N) is 3. The van der Waals surface area contributed by atoms with E-state index in [0.717, 1.165) is 21.4 Å². The van der Waals surface area contributed by atoms with Crippen LogP contribution in [0.4, 0.5) is 17.6 Å². The van der Waals surface area contributed by atoms with Gasteiger partial charge in [0.15, 0.2) is 0 Å². The van der Waals surface area contributed by atoms with Gasteiger partial charge in [-0.15, -0.1) is 5.10 Å². The Kier molecular flexibility index (Phi) is 4.92. The van der Waals surface area contributed by atoms with E-state index in [4.69, 9.17) is 10.9 Å². The predicted octanol–water partition coefficient (Wildman–Crippen LogP) is 1.87. The van der Waals surface area contributed by atoms with Crippen LogP contribution < -0.4 is 16.2 Å². The molecule has 0 bridgehead atoms. The number of nitrogens with one attached hydrogen (secondary N) is 1. The van der Waals surface area contributed by atoms with Crippen molar-refractivity contribution >= 4 is 33.5 Å². The molecule has 3 rings (SSSR count). The summed E-state index contributed by atoms with van der Waals surface area (Å²) in [6, 6.07) is 9.54. The van der Waals surface area contributed by atoms with Crippen molar-refractivity contribution in [2.45, 2.75) is 25.7 Å². The summed E-state index contributed by atoms with van der Waals surface area (Å²) in [6.07, 6.45) is 0. The lowest BCUT2D eigenvalue weighted by Crippen LogP contribution is -2.19. The highest BCUT2D eigenvalue weighted by Gasteiger charge is 2.20. The van der Waals surface area contributed by atoms with Gasteiger partial charge in [-0.25, -0.2) is 13.6 Å². The van der Waals surface area contributed by atoms with Crippen LogP contribution in [0.25, 0.3) is 0 Å². The van der Waals surface area contributed by atoms with Gasteiger partial charge in [0.2, 0.25) is 21.9 Å². The number of aryl methyl sites for hydroxylation is 3. The second kappa shape index (κ2) is 7.06. The highest BCUT2D eigenvalue weighted by molar-refractivity contribution is 7.89. The fourth-order valence-electron chi connectivity index (χ4n) is 3.01. The molecule has 0 aliphatic rings. The van der Waals surface area contributed by atoms with Crippen LogP contribution in [0.2, 0.25) is 0 Å². The Hall–Kier alpha value is -3.24. The quantitative estimate of drug-likeness (QED) is 0.606. The Bertz CT molecular complexity index is 1140. The standard InChI is InChI=1S/C18H20N6O3S/c1-10-8-11(2)15(12(3)9-10)16(25)24-17(19)22-18(23-24)21-13-4-6-14(7-5-13)28(20,26)27/h4-9H,1-3H3,(H2,20,26,27)(H3,19,21,22,23). The molecule has 9 nitrogen and oxygen atoms in total. The van der Waals surface area contributed by atoms with E-state index >= 15 is 0 Å². The van der Waals surface area contributed by atoms with Crippen LogP contribution in [0.5, 0.6) is 0 Å². The Balaban J connectivity index is 1.89. The van der Waals surface area contributed by atoms with Gasteiger partial charge in [0.25, 0.3) is 5.91 Å². The molecule has 0 amide bonds. The summed E-state index contributed by atoms with van der Waals surface area (Å²) in [6.45, 7) is 5.67. The number of hydrogen-bond donors (Lipinski definition) is 3. The highest BCUT2D eigenvalue weighted by Crippen LogP contribution is 2.21. The van der Waals surface area contributed by atoms with Crippen molar-refractivity contribution in [2.75, 3.05) is 11.1 Å². The Morgan fingerprint density at radius 1 is 1.07 bits per heavy atom. The van der Waals surface area contributed by atoms with E-state index in [1.807, 2.05) is 32.9 Å². The average Bonchev–Trinajstić information content (AvgIpc) is 2.93. The normalized spacial score (nSPS) is 11.4. The lowest BCUT2D eigenvalue weighted by atomic mass is 9.99. The maximum atomic E-state index is 12.9. The van der Waals surface area contributed by atoms with Crippen molar-refractivity contribution in [3.8, 4) is 0 Å².